The van der Waals surface area contributed by atoms with Crippen LogP contribution in [0.1, 0.15) is 18.9 Å². The van der Waals surface area contributed by atoms with Crippen molar-refractivity contribution in [3.05, 3.63) is 54.0 Å². The molecule has 3 N–H and O–H groups in total. The number of aromatic nitrogens is 1. The molecule has 2 aromatic rings. The molecular weight excluding hydrogens is 486 g/mol. The summed E-state index contributed by atoms with van der Waals surface area (Å²) in [5.41, 5.74) is 1.79. The molecule has 2 heterocycles. The van der Waals surface area contributed by atoms with Crippen molar-refractivity contribution in [2.24, 2.45) is 4.99 Å². The van der Waals surface area contributed by atoms with Gasteiger partial charge in [0.2, 0.25) is 5.91 Å². The van der Waals surface area contributed by atoms with Gasteiger partial charge in [0.1, 0.15) is 0 Å². The lowest BCUT2D eigenvalue weighted by molar-refractivity contribution is -0.114. The first kappa shape index (κ1) is 22.9. The van der Waals surface area contributed by atoms with Gasteiger partial charge < -0.3 is 20.9 Å². The number of aliphatic imine (C=N–C) groups is 1. The molecule has 156 valence electrons. The Morgan fingerprint density at radius 1 is 1.34 bits per heavy atom. The van der Waals surface area contributed by atoms with Crippen LogP contribution in [0.4, 0.5) is 15.9 Å². The Labute approximate surface area is 187 Å². The van der Waals surface area contributed by atoms with Gasteiger partial charge in [0.25, 0.3) is 0 Å². The molecule has 0 spiro atoms. The summed E-state index contributed by atoms with van der Waals surface area (Å²) in [6.45, 7) is 3.45. The molecule has 1 aromatic heterocycles. The molecule has 1 unspecified atom stereocenters. The highest BCUT2D eigenvalue weighted by Crippen LogP contribution is 2.20. The minimum atomic E-state index is -0.301. The number of guanidine groups is 1. The molecule has 0 bridgehead atoms. The van der Waals surface area contributed by atoms with Crippen molar-refractivity contribution in [3.8, 4) is 0 Å². The first-order valence-corrected chi connectivity index (χ1v) is 9.24. The molecular formula is C20H26FIN6O. The van der Waals surface area contributed by atoms with Crippen molar-refractivity contribution in [1.82, 2.24) is 15.6 Å². The summed E-state index contributed by atoms with van der Waals surface area (Å²) in [6, 6.07) is 10.8. The highest BCUT2D eigenvalue weighted by molar-refractivity contribution is 14.0. The largest absolute Gasteiger partial charge is 0.352 e. The topological polar surface area (TPSA) is 81.6 Å². The fraction of sp³-hybridized carbons (Fsp3) is 0.350. The van der Waals surface area contributed by atoms with Gasteiger partial charge in [0, 0.05) is 51.5 Å². The van der Waals surface area contributed by atoms with Gasteiger partial charge >= 0.3 is 0 Å². The zero-order chi connectivity index (χ0) is 19.9. The van der Waals surface area contributed by atoms with E-state index in [9.17, 15) is 9.18 Å². The van der Waals surface area contributed by atoms with Crippen molar-refractivity contribution < 1.29 is 9.18 Å². The number of carbonyl (C=O) groups is 1. The van der Waals surface area contributed by atoms with E-state index in [0.717, 1.165) is 24.2 Å². The Hall–Kier alpha value is -2.43. The second-order valence-corrected chi connectivity index (χ2v) is 6.69. The summed E-state index contributed by atoms with van der Waals surface area (Å²) in [7, 11) is 1.72. The third-order valence-corrected chi connectivity index (χ3v) is 4.50. The van der Waals surface area contributed by atoms with Gasteiger partial charge in [0.05, 0.1) is 0 Å². The van der Waals surface area contributed by atoms with Gasteiger partial charge in [-0.1, -0.05) is 12.1 Å². The van der Waals surface area contributed by atoms with E-state index in [2.05, 4.69) is 25.9 Å². The molecule has 29 heavy (non-hydrogen) atoms. The number of nitrogens with zero attached hydrogens (tertiary/aromatic N) is 3. The van der Waals surface area contributed by atoms with Crippen LogP contribution in [0.2, 0.25) is 0 Å². The Morgan fingerprint density at radius 3 is 2.90 bits per heavy atom. The third kappa shape index (κ3) is 6.55. The summed E-state index contributed by atoms with van der Waals surface area (Å²) in [6.07, 6.45) is 2.48. The molecule has 1 saturated heterocycles. The number of rotatable bonds is 5. The van der Waals surface area contributed by atoms with Crippen LogP contribution in [0, 0.1) is 5.82 Å². The number of anilines is 2. The van der Waals surface area contributed by atoms with Crippen molar-refractivity contribution in [1.29, 1.82) is 0 Å². The zero-order valence-electron chi connectivity index (χ0n) is 16.5. The molecule has 0 saturated carbocycles. The number of benzene rings is 1. The van der Waals surface area contributed by atoms with Gasteiger partial charge in [-0.3, -0.25) is 9.79 Å². The van der Waals surface area contributed by atoms with Gasteiger partial charge in [0.15, 0.2) is 17.6 Å². The molecule has 1 aliphatic heterocycles. The monoisotopic (exact) mass is 512 g/mol. The van der Waals surface area contributed by atoms with Crippen LogP contribution in [0.25, 0.3) is 0 Å². The summed E-state index contributed by atoms with van der Waals surface area (Å²) >= 11 is 0. The molecule has 7 nitrogen and oxygen atoms in total. The number of nitrogens with one attached hydrogen (secondary N) is 3. The van der Waals surface area contributed by atoms with E-state index in [1.807, 2.05) is 29.2 Å². The second-order valence-electron chi connectivity index (χ2n) is 6.69. The van der Waals surface area contributed by atoms with Crippen molar-refractivity contribution in [2.75, 3.05) is 30.4 Å². The lowest BCUT2D eigenvalue weighted by atomic mass is 10.2. The standard InChI is InChI=1S/C20H25FN6O.HI/c1-14(28)25-16-6-3-5-15(11-16)12-24-20(22-2)26-17-8-10-27(13-17)19-18(21)7-4-9-23-19;/h3-7,9,11,17H,8,10,12-13H2,1-2H3,(H,25,28)(H2,22,24,26);1H. The molecule has 0 radical (unpaired) electrons. The SMILES string of the molecule is CN=C(NCc1cccc(NC(C)=O)c1)NC1CCN(c2ncccc2F)C1.I. The fourth-order valence-corrected chi connectivity index (χ4v) is 3.22. The number of hydrogen-bond donors (Lipinski definition) is 3. The first-order chi connectivity index (χ1) is 13.5. The highest BCUT2D eigenvalue weighted by Gasteiger charge is 2.25. The van der Waals surface area contributed by atoms with Crippen LogP contribution >= 0.6 is 24.0 Å². The average Bonchev–Trinajstić information content (AvgIpc) is 3.13. The minimum absolute atomic E-state index is 0. The van der Waals surface area contributed by atoms with E-state index in [-0.39, 0.29) is 41.7 Å². The Morgan fingerprint density at radius 2 is 2.17 bits per heavy atom. The normalized spacial score (nSPS) is 16.2. The predicted molar refractivity (Wildman–Crippen MR) is 124 cm³/mol. The van der Waals surface area contributed by atoms with Crippen molar-refractivity contribution in [3.63, 3.8) is 0 Å². The average molecular weight is 512 g/mol. The zero-order valence-corrected chi connectivity index (χ0v) is 18.8. The van der Waals surface area contributed by atoms with E-state index in [1.54, 1.807) is 19.3 Å². The van der Waals surface area contributed by atoms with Gasteiger partial charge in [-0.15, -0.1) is 24.0 Å². The molecule has 0 aliphatic carbocycles. The smallest absolute Gasteiger partial charge is 0.221 e. The minimum Gasteiger partial charge on any atom is -0.352 e. The maximum absolute atomic E-state index is 13.9. The highest BCUT2D eigenvalue weighted by atomic mass is 127. The molecule has 1 fully saturated rings. The van der Waals surface area contributed by atoms with Crippen LogP contribution < -0.4 is 20.9 Å². The van der Waals surface area contributed by atoms with Crippen LogP contribution in [0.5, 0.6) is 0 Å². The van der Waals surface area contributed by atoms with E-state index in [1.165, 1.54) is 13.0 Å². The second kappa shape index (κ2) is 10.9. The fourth-order valence-electron chi connectivity index (χ4n) is 3.22. The van der Waals surface area contributed by atoms with E-state index >= 15 is 0 Å². The maximum Gasteiger partial charge on any atom is 0.221 e. The first-order valence-electron chi connectivity index (χ1n) is 9.24. The van der Waals surface area contributed by atoms with Gasteiger partial charge in [-0.25, -0.2) is 9.37 Å². The quantitative estimate of drug-likeness (QED) is 0.326. The third-order valence-electron chi connectivity index (χ3n) is 4.50. The van der Waals surface area contributed by atoms with E-state index in [4.69, 9.17) is 0 Å². The van der Waals surface area contributed by atoms with Crippen LogP contribution in [-0.2, 0) is 11.3 Å². The van der Waals surface area contributed by atoms with Gasteiger partial charge in [-0.05, 0) is 36.2 Å². The molecule has 1 aliphatic rings. The number of carbonyl (C=O) groups excluding carboxylic acids is 1. The molecule has 9 heteroatoms. The van der Waals surface area contributed by atoms with Crippen LogP contribution in [0.3, 0.4) is 0 Å². The van der Waals surface area contributed by atoms with Crippen LogP contribution in [0.15, 0.2) is 47.6 Å². The predicted octanol–water partition coefficient (Wildman–Crippen LogP) is 2.74. The summed E-state index contributed by atoms with van der Waals surface area (Å²) in [5, 5.41) is 9.43. The Kier molecular flexibility index (Phi) is 8.62. The lowest BCUT2D eigenvalue weighted by Crippen LogP contribution is -2.44. The maximum atomic E-state index is 13.9. The van der Waals surface area contributed by atoms with E-state index in [0.29, 0.717) is 24.9 Å². The van der Waals surface area contributed by atoms with Crippen molar-refractivity contribution >= 4 is 47.3 Å². The van der Waals surface area contributed by atoms with Gasteiger partial charge in [-0.2, -0.15) is 0 Å². The van der Waals surface area contributed by atoms with E-state index < -0.39 is 0 Å². The number of hydrogen-bond acceptors (Lipinski definition) is 4. The summed E-state index contributed by atoms with van der Waals surface area (Å²) < 4.78 is 13.9. The molecule has 3 rings (SSSR count). The summed E-state index contributed by atoms with van der Waals surface area (Å²) in [4.78, 5) is 21.5. The van der Waals surface area contributed by atoms with Crippen LogP contribution in [-0.4, -0.2) is 43.0 Å². The Balaban J connectivity index is 0.00000300. The lowest BCUT2D eigenvalue weighted by Gasteiger charge is -2.20. The molecule has 1 atom stereocenters. The molecule has 1 aromatic carbocycles. The Bertz CT molecular complexity index is 862. The number of pyridine rings is 1. The molecule has 1 amide bonds. The number of amides is 1. The number of halogens is 2. The summed E-state index contributed by atoms with van der Waals surface area (Å²) in [5.74, 6) is 0.672. The van der Waals surface area contributed by atoms with Crippen molar-refractivity contribution in [2.45, 2.75) is 25.9 Å².